The van der Waals surface area contributed by atoms with Gasteiger partial charge < -0.3 is 9.88 Å². The van der Waals surface area contributed by atoms with Crippen molar-refractivity contribution >= 4 is 50.6 Å². The van der Waals surface area contributed by atoms with Crippen LogP contribution in [0.2, 0.25) is 0 Å². The summed E-state index contributed by atoms with van der Waals surface area (Å²) in [5, 5.41) is 15.6. The van der Waals surface area contributed by atoms with Gasteiger partial charge >= 0.3 is 0 Å². The molecule has 0 radical (unpaired) electrons. The predicted octanol–water partition coefficient (Wildman–Crippen LogP) is 11.0. The lowest BCUT2D eigenvalue weighted by Crippen LogP contribution is -2.20. The van der Waals surface area contributed by atoms with Gasteiger partial charge in [-0.3, -0.25) is 5.41 Å². The van der Waals surface area contributed by atoms with E-state index in [1.807, 2.05) is 92.7 Å². The van der Waals surface area contributed by atoms with Gasteiger partial charge in [-0.25, -0.2) is 4.39 Å². The van der Waals surface area contributed by atoms with Crippen molar-refractivity contribution < 1.29 is 4.39 Å². The molecule has 7 aromatic rings. The van der Waals surface area contributed by atoms with E-state index in [-0.39, 0.29) is 5.82 Å². The summed E-state index contributed by atoms with van der Waals surface area (Å²) in [5.74, 6) is -0.324. The number of nitrogens with one attached hydrogen (secondary N) is 2. The molecule has 228 valence electrons. The first kappa shape index (κ1) is 29.7. The first-order chi connectivity index (χ1) is 23.2. The molecule has 0 atom stereocenters. The molecule has 0 spiro atoms. The van der Waals surface area contributed by atoms with Gasteiger partial charge in [-0.1, -0.05) is 129 Å². The lowest BCUT2D eigenvalue weighted by atomic mass is 9.87. The monoisotopic (exact) mass is 611 g/mol. The smallest absolute Gasteiger partial charge is 0.123 e. The Hall–Kier alpha value is -6.00. The van der Waals surface area contributed by atoms with Gasteiger partial charge in [0, 0.05) is 38.9 Å². The van der Waals surface area contributed by atoms with Crippen molar-refractivity contribution in [3.63, 3.8) is 0 Å². The number of benzene rings is 6. The highest BCUT2D eigenvalue weighted by Crippen LogP contribution is 2.39. The van der Waals surface area contributed by atoms with Crippen LogP contribution in [0.15, 0.2) is 152 Å². The third kappa shape index (κ3) is 5.44. The highest BCUT2D eigenvalue weighted by molar-refractivity contribution is 6.36. The minimum absolute atomic E-state index is 0.324. The van der Waals surface area contributed by atoms with Gasteiger partial charge in [0.2, 0.25) is 0 Å². The Bertz CT molecular complexity index is 2300. The van der Waals surface area contributed by atoms with Gasteiger partial charge in [-0.15, -0.1) is 0 Å². The maximum Gasteiger partial charge on any atom is 0.123 e. The Morgan fingerprint density at radius 3 is 2.00 bits per heavy atom. The van der Waals surface area contributed by atoms with Crippen LogP contribution in [0.4, 0.5) is 4.39 Å². The van der Waals surface area contributed by atoms with Crippen molar-refractivity contribution in [3.05, 3.63) is 185 Å². The van der Waals surface area contributed by atoms with Crippen LogP contribution in [-0.4, -0.2) is 10.3 Å². The van der Waals surface area contributed by atoms with E-state index in [4.69, 9.17) is 0 Å². The lowest BCUT2D eigenvalue weighted by Gasteiger charge is -2.26. The van der Waals surface area contributed by atoms with E-state index in [0.29, 0.717) is 22.5 Å². The summed E-state index contributed by atoms with van der Waals surface area (Å²) in [6.07, 6.45) is 2.05. The minimum atomic E-state index is -0.324. The fourth-order valence-corrected chi connectivity index (χ4v) is 6.38. The summed E-state index contributed by atoms with van der Waals surface area (Å²) < 4.78 is 17.2. The van der Waals surface area contributed by atoms with Crippen LogP contribution in [0, 0.1) is 11.2 Å². The number of hydrogen-bond donors (Lipinski definition) is 2. The number of para-hydroxylation sites is 2. The Balaban J connectivity index is 0.00000172. The molecular formula is C43H34FN3. The number of halogens is 1. The topological polar surface area (TPSA) is 40.8 Å². The van der Waals surface area contributed by atoms with E-state index in [9.17, 15) is 9.80 Å². The molecule has 0 bridgehead atoms. The van der Waals surface area contributed by atoms with Gasteiger partial charge in [0.1, 0.15) is 5.82 Å². The molecule has 0 saturated carbocycles. The average Bonchev–Trinajstić information content (AvgIpc) is 3.47. The number of allylic oxidation sites excluding steroid dienone is 1. The third-order valence-electron chi connectivity index (χ3n) is 8.47. The number of aromatic nitrogens is 1. The van der Waals surface area contributed by atoms with Gasteiger partial charge in [0.25, 0.3) is 0 Å². The molecular weight excluding hydrogens is 577 g/mol. The molecule has 0 unspecified atom stereocenters. The second kappa shape index (κ2) is 12.8. The molecule has 8 rings (SSSR count). The third-order valence-corrected chi connectivity index (χ3v) is 8.47. The molecule has 0 amide bonds. The SMILES string of the molecule is CC.N=C(/C(=C1\NC(c2ccccc2)=Cc2ccc(F)cc21)c1ccc2c3ccccc3n(-c3ccccc3)c2c1)c1ccccc1. The molecule has 0 saturated heterocycles. The molecule has 1 aliphatic heterocycles. The van der Waals surface area contributed by atoms with E-state index in [0.717, 1.165) is 55.4 Å². The van der Waals surface area contributed by atoms with Crippen LogP contribution < -0.4 is 5.32 Å². The fourth-order valence-electron chi connectivity index (χ4n) is 6.38. The van der Waals surface area contributed by atoms with E-state index in [1.165, 1.54) is 6.07 Å². The minimum Gasteiger partial charge on any atom is -0.354 e. The van der Waals surface area contributed by atoms with Crippen LogP contribution in [0.5, 0.6) is 0 Å². The summed E-state index contributed by atoms with van der Waals surface area (Å²) >= 11 is 0. The van der Waals surface area contributed by atoms with Crippen molar-refractivity contribution in [1.29, 1.82) is 5.41 Å². The maximum absolute atomic E-state index is 14.9. The summed E-state index contributed by atoms with van der Waals surface area (Å²) in [6.45, 7) is 4.00. The van der Waals surface area contributed by atoms with E-state index < -0.39 is 0 Å². The first-order valence-corrected chi connectivity index (χ1v) is 16.0. The number of nitrogens with zero attached hydrogens (tertiary/aromatic N) is 1. The maximum atomic E-state index is 14.9. The summed E-state index contributed by atoms with van der Waals surface area (Å²) in [5.41, 5.74) is 10.1. The van der Waals surface area contributed by atoms with Gasteiger partial charge in [0.15, 0.2) is 0 Å². The largest absolute Gasteiger partial charge is 0.354 e. The molecule has 1 aromatic heterocycles. The normalized spacial score (nSPS) is 13.2. The second-order valence-corrected chi connectivity index (χ2v) is 11.2. The highest BCUT2D eigenvalue weighted by atomic mass is 19.1. The van der Waals surface area contributed by atoms with Gasteiger partial charge in [-0.2, -0.15) is 0 Å². The van der Waals surface area contributed by atoms with Crippen molar-refractivity contribution in [2.45, 2.75) is 13.8 Å². The first-order valence-electron chi connectivity index (χ1n) is 16.0. The highest BCUT2D eigenvalue weighted by Gasteiger charge is 2.25. The van der Waals surface area contributed by atoms with E-state index in [1.54, 1.807) is 6.07 Å². The molecule has 2 heterocycles. The van der Waals surface area contributed by atoms with Crippen molar-refractivity contribution in [2.75, 3.05) is 0 Å². The van der Waals surface area contributed by atoms with Crippen LogP contribution in [0.1, 0.15) is 41.7 Å². The summed E-state index contributed by atoms with van der Waals surface area (Å²) in [4.78, 5) is 0. The number of rotatable bonds is 5. The van der Waals surface area contributed by atoms with Crippen molar-refractivity contribution in [2.24, 2.45) is 0 Å². The van der Waals surface area contributed by atoms with Crippen LogP contribution in [0.3, 0.4) is 0 Å². The molecule has 0 aliphatic carbocycles. The zero-order chi connectivity index (χ0) is 32.3. The summed E-state index contributed by atoms with van der Waals surface area (Å²) in [7, 11) is 0. The average molecular weight is 612 g/mol. The molecule has 1 aliphatic rings. The Morgan fingerprint density at radius 2 is 1.26 bits per heavy atom. The summed E-state index contributed by atoms with van der Waals surface area (Å²) in [6, 6.07) is 49.9. The molecule has 6 aromatic carbocycles. The van der Waals surface area contributed by atoms with Crippen LogP contribution in [0.25, 0.3) is 50.5 Å². The van der Waals surface area contributed by atoms with E-state index in [2.05, 4.69) is 76.6 Å². The quantitative estimate of drug-likeness (QED) is 0.187. The van der Waals surface area contributed by atoms with Gasteiger partial charge in [-0.05, 0) is 59.2 Å². The lowest BCUT2D eigenvalue weighted by molar-refractivity contribution is 0.627. The molecule has 47 heavy (non-hydrogen) atoms. The standard InChI is InChI=1S/C41H28FN3.C2H6/c42-31-22-20-29-24-36(27-12-4-1-5-13-27)44-41(35(29)26-31)39(40(43)28-14-6-2-7-15-28)30-21-23-34-33-18-10-11-19-37(33)45(38(34)25-30)32-16-8-3-9-17-32;1-2/h1-26,43-44H;1-2H3/b41-39-,43-40?;. The van der Waals surface area contributed by atoms with Gasteiger partial charge in [0.05, 0.1) is 22.4 Å². The predicted molar refractivity (Wildman–Crippen MR) is 196 cm³/mol. The van der Waals surface area contributed by atoms with Crippen molar-refractivity contribution in [3.8, 4) is 5.69 Å². The molecule has 2 N–H and O–H groups in total. The zero-order valence-electron chi connectivity index (χ0n) is 26.3. The van der Waals surface area contributed by atoms with Crippen LogP contribution >= 0.6 is 0 Å². The van der Waals surface area contributed by atoms with E-state index >= 15 is 0 Å². The molecule has 0 fully saturated rings. The Morgan fingerprint density at radius 1 is 0.617 bits per heavy atom. The number of hydrogen-bond acceptors (Lipinski definition) is 2. The fraction of sp³-hybridized carbons (Fsp3) is 0.0465. The second-order valence-electron chi connectivity index (χ2n) is 11.2. The zero-order valence-corrected chi connectivity index (χ0v) is 26.3. The Kier molecular flexibility index (Phi) is 8.07. The molecule has 4 heteroatoms. The number of fused-ring (bicyclic) bond motifs is 4. The van der Waals surface area contributed by atoms with Crippen LogP contribution in [-0.2, 0) is 0 Å². The van der Waals surface area contributed by atoms with Crippen molar-refractivity contribution in [1.82, 2.24) is 9.88 Å². The molecule has 3 nitrogen and oxygen atoms in total. The Labute approximate surface area is 274 Å².